The SMILES string of the molecule is CC(=O)SCC1OC(n2ccn3c(=O)nc(N)nc23)C(O)C1O. The van der Waals surface area contributed by atoms with Crippen LogP contribution in [0.4, 0.5) is 5.95 Å². The van der Waals surface area contributed by atoms with Crippen LogP contribution in [0.2, 0.25) is 0 Å². The summed E-state index contributed by atoms with van der Waals surface area (Å²) in [6.07, 6.45) is -1.20. The Morgan fingerprint density at radius 1 is 1.39 bits per heavy atom. The Bertz CT molecular complexity index is 805. The molecule has 0 aliphatic carbocycles. The average molecular weight is 341 g/mol. The van der Waals surface area contributed by atoms with Crippen LogP contribution in [0.25, 0.3) is 5.78 Å². The Labute approximate surface area is 133 Å². The zero-order valence-corrected chi connectivity index (χ0v) is 12.9. The number of nitrogens with zero attached hydrogens (tertiary/aromatic N) is 4. The monoisotopic (exact) mass is 341 g/mol. The van der Waals surface area contributed by atoms with Gasteiger partial charge in [0.05, 0.1) is 6.10 Å². The van der Waals surface area contributed by atoms with Crippen LogP contribution in [0, 0.1) is 0 Å². The summed E-state index contributed by atoms with van der Waals surface area (Å²) in [5.74, 6) is 0.144. The van der Waals surface area contributed by atoms with Gasteiger partial charge in [0.1, 0.15) is 12.2 Å². The van der Waals surface area contributed by atoms with Gasteiger partial charge in [-0.05, 0) is 0 Å². The molecule has 0 radical (unpaired) electrons. The first-order valence-electron chi connectivity index (χ1n) is 6.76. The van der Waals surface area contributed by atoms with E-state index < -0.39 is 30.2 Å². The van der Waals surface area contributed by atoms with Crippen molar-refractivity contribution < 1.29 is 19.7 Å². The number of nitrogen functional groups attached to an aromatic ring is 1. The first kappa shape index (κ1) is 15.9. The lowest BCUT2D eigenvalue weighted by Gasteiger charge is -2.16. The molecule has 10 nitrogen and oxygen atoms in total. The third kappa shape index (κ3) is 2.83. The van der Waals surface area contributed by atoms with Gasteiger partial charge in [-0.25, -0.2) is 9.20 Å². The molecule has 4 atom stereocenters. The van der Waals surface area contributed by atoms with E-state index in [1.165, 1.54) is 23.9 Å². The number of fused-ring (bicyclic) bond motifs is 1. The maximum absolute atomic E-state index is 11.7. The first-order valence-corrected chi connectivity index (χ1v) is 7.74. The third-order valence-corrected chi connectivity index (χ3v) is 4.42. The van der Waals surface area contributed by atoms with E-state index >= 15 is 0 Å². The highest BCUT2D eigenvalue weighted by Gasteiger charge is 2.44. The van der Waals surface area contributed by atoms with Crippen molar-refractivity contribution in [2.75, 3.05) is 11.5 Å². The lowest BCUT2D eigenvalue weighted by atomic mass is 10.1. The van der Waals surface area contributed by atoms with E-state index in [0.717, 1.165) is 16.2 Å². The molecule has 0 saturated carbocycles. The number of rotatable bonds is 3. The largest absolute Gasteiger partial charge is 0.387 e. The van der Waals surface area contributed by atoms with Gasteiger partial charge in [-0.1, -0.05) is 11.8 Å². The van der Waals surface area contributed by atoms with E-state index in [4.69, 9.17) is 10.5 Å². The van der Waals surface area contributed by atoms with Crippen molar-refractivity contribution in [1.29, 1.82) is 0 Å². The zero-order chi connectivity index (χ0) is 16.7. The van der Waals surface area contributed by atoms with E-state index in [-0.39, 0.29) is 22.6 Å². The number of aromatic nitrogens is 4. The summed E-state index contributed by atoms with van der Waals surface area (Å²) >= 11 is 0.997. The van der Waals surface area contributed by atoms with Crippen LogP contribution in [-0.2, 0) is 9.53 Å². The highest BCUT2D eigenvalue weighted by Crippen LogP contribution is 2.32. The van der Waals surface area contributed by atoms with Crippen LogP contribution in [-0.4, -0.2) is 58.3 Å². The number of hydrogen-bond acceptors (Lipinski definition) is 9. The molecule has 11 heteroatoms. The molecule has 0 aromatic carbocycles. The van der Waals surface area contributed by atoms with E-state index in [2.05, 4.69) is 9.97 Å². The normalized spacial score (nSPS) is 27.6. The van der Waals surface area contributed by atoms with Gasteiger partial charge in [0.25, 0.3) is 0 Å². The number of anilines is 1. The van der Waals surface area contributed by atoms with Crippen LogP contribution in [0.15, 0.2) is 17.2 Å². The molecular formula is C12H15N5O5S. The summed E-state index contributed by atoms with van der Waals surface area (Å²) in [7, 11) is 0. The highest BCUT2D eigenvalue weighted by atomic mass is 32.2. The summed E-state index contributed by atoms with van der Waals surface area (Å²) in [6.45, 7) is 1.41. The number of hydrogen-bond donors (Lipinski definition) is 3. The molecule has 1 aliphatic rings. The van der Waals surface area contributed by atoms with Gasteiger partial charge in [-0.3, -0.25) is 9.36 Å². The van der Waals surface area contributed by atoms with Gasteiger partial charge in [0.15, 0.2) is 11.3 Å². The van der Waals surface area contributed by atoms with E-state index in [9.17, 15) is 19.8 Å². The minimum atomic E-state index is -1.24. The Morgan fingerprint density at radius 2 is 2.13 bits per heavy atom. The van der Waals surface area contributed by atoms with Gasteiger partial charge in [0.2, 0.25) is 11.7 Å². The first-order chi connectivity index (χ1) is 10.9. The van der Waals surface area contributed by atoms with Crippen molar-refractivity contribution in [2.24, 2.45) is 0 Å². The van der Waals surface area contributed by atoms with Crippen molar-refractivity contribution in [3.05, 3.63) is 22.9 Å². The van der Waals surface area contributed by atoms with Gasteiger partial charge >= 0.3 is 5.69 Å². The van der Waals surface area contributed by atoms with Crippen molar-refractivity contribution >= 4 is 28.6 Å². The van der Waals surface area contributed by atoms with Gasteiger partial charge in [-0.2, -0.15) is 9.97 Å². The minimum Gasteiger partial charge on any atom is -0.387 e. The van der Waals surface area contributed by atoms with E-state index in [1.54, 1.807) is 0 Å². The maximum atomic E-state index is 11.7. The molecule has 2 aromatic rings. The summed E-state index contributed by atoms with van der Waals surface area (Å²) in [5.41, 5.74) is 4.87. The molecule has 3 rings (SSSR count). The summed E-state index contributed by atoms with van der Waals surface area (Å²) < 4.78 is 8.19. The second-order valence-corrected chi connectivity index (χ2v) is 6.29. The topological polar surface area (TPSA) is 145 Å². The average Bonchev–Trinajstić information content (AvgIpc) is 3.00. The predicted octanol–water partition coefficient (Wildman–Crippen LogP) is -1.63. The van der Waals surface area contributed by atoms with Crippen molar-refractivity contribution in [2.45, 2.75) is 31.5 Å². The van der Waals surface area contributed by atoms with E-state index in [1.807, 2.05) is 0 Å². The molecular weight excluding hydrogens is 326 g/mol. The minimum absolute atomic E-state index is 0.114. The van der Waals surface area contributed by atoms with Crippen LogP contribution >= 0.6 is 11.8 Å². The van der Waals surface area contributed by atoms with Crippen LogP contribution in [0.1, 0.15) is 13.2 Å². The quantitative estimate of drug-likeness (QED) is 0.599. The number of ether oxygens (including phenoxy) is 1. The van der Waals surface area contributed by atoms with E-state index in [0.29, 0.717) is 0 Å². The number of carbonyl (C=O) groups is 1. The van der Waals surface area contributed by atoms with Crippen LogP contribution in [0.3, 0.4) is 0 Å². The molecule has 1 aliphatic heterocycles. The molecule has 0 bridgehead atoms. The Kier molecular flexibility index (Phi) is 4.10. The second-order valence-electron chi connectivity index (χ2n) is 5.09. The number of nitrogens with two attached hydrogens (primary N) is 1. The summed E-state index contributed by atoms with van der Waals surface area (Å²) in [4.78, 5) is 30.2. The molecule has 23 heavy (non-hydrogen) atoms. The molecule has 0 spiro atoms. The standard InChI is InChI=1S/C12H15N5O5S/c1-5(18)23-4-6-7(19)8(20)9(22-6)16-2-3-17-11(16)14-10(13)15-12(17)21/h2-3,6-9,19-20H,4H2,1H3,(H2,13,15,21). The molecule has 3 heterocycles. The fourth-order valence-electron chi connectivity index (χ4n) is 2.43. The summed E-state index contributed by atoms with van der Waals surface area (Å²) in [6, 6.07) is 0. The molecule has 124 valence electrons. The van der Waals surface area contributed by atoms with Crippen molar-refractivity contribution in [3.8, 4) is 0 Å². The van der Waals surface area contributed by atoms with Crippen molar-refractivity contribution in [1.82, 2.24) is 18.9 Å². The lowest BCUT2D eigenvalue weighted by Crippen LogP contribution is -2.33. The molecule has 4 N–H and O–H groups in total. The van der Waals surface area contributed by atoms with Crippen LogP contribution in [0.5, 0.6) is 0 Å². The molecule has 0 amide bonds. The Morgan fingerprint density at radius 3 is 2.83 bits per heavy atom. The number of aliphatic hydroxyl groups excluding tert-OH is 2. The third-order valence-electron chi connectivity index (χ3n) is 3.52. The van der Waals surface area contributed by atoms with Gasteiger partial charge < -0.3 is 20.7 Å². The zero-order valence-electron chi connectivity index (χ0n) is 12.1. The summed E-state index contributed by atoms with van der Waals surface area (Å²) in [5, 5.41) is 20.2. The molecule has 1 fully saturated rings. The maximum Gasteiger partial charge on any atom is 0.357 e. The number of carbonyl (C=O) groups excluding carboxylic acids is 1. The lowest BCUT2D eigenvalue weighted by molar-refractivity contribution is -0.109. The van der Waals surface area contributed by atoms with Gasteiger partial charge in [0, 0.05) is 25.1 Å². The second kappa shape index (κ2) is 5.92. The highest BCUT2D eigenvalue weighted by molar-refractivity contribution is 8.13. The number of thioether (sulfide) groups is 1. The smallest absolute Gasteiger partial charge is 0.357 e. The molecule has 4 unspecified atom stereocenters. The van der Waals surface area contributed by atoms with Crippen LogP contribution < -0.4 is 11.4 Å². The molecule has 1 saturated heterocycles. The fourth-order valence-corrected chi connectivity index (χ4v) is 3.11. The van der Waals surface area contributed by atoms with Gasteiger partial charge in [-0.15, -0.1) is 0 Å². The Balaban J connectivity index is 1.93. The number of aliphatic hydroxyl groups is 2. The van der Waals surface area contributed by atoms with Crippen molar-refractivity contribution in [3.63, 3.8) is 0 Å². The fraction of sp³-hybridized carbons (Fsp3) is 0.500. The predicted molar refractivity (Wildman–Crippen MR) is 80.7 cm³/mol. The Hall–Kier alpha value is -1.95. The molecule has 2 aromatic heterocycles. The number of imidazole rings is 1.